The predicted octanol–water partition coefficient (Wildman–Crippen LogP) is 10.3. The van der Waals surface area contributed by atoms with E-state index in [-0.39, 0.29) is 42.8 Å². The summed E-state index contributed by atoms with van der Waals surface area (Å²) in [6.07, 6.45) is 21.1. The Hall–Kier alpha value is 0.410. The highest BCUT2D eigenvalue weighted by atomic mass is 35.5. The molecule has 0 radical (unpaired) electrons. The molecule has 8 heteroatoms. The fourth-order valence-electron chi connectivity index (χ4n) is 10.6. The summed E-state index contributed by atoms with van der Waals surface area (Å²) in [4.78, 5) is 12.8. The Balaban J connectivity index is 0.00000368. The van der Waals surface area contributed by atoms with Crippen molar-refractivity contribution in [3.8, 4) is 0 Å². The first kappa shape index (κ1) is 42.6. The van der Waals surface area contributed by atoms with E-state index < -0.39 is 5.41 Å². The molecule has 0 aromatic carbocycles. The molecule has 3 unspecified atom stereocenters. The van der Waals surface area contributed by atoms with Crippen molar-refractivity contribution in [2.24, 2.45) is 69.0 Å². The lowest BCUT2D eigenvalue weighted by Crippen LogP contribution is -2.50. The minimum Gasteiger partial charge on any atom is -0.369 e. The first-order valence-corrected chi connectivity index (χ1v) is 20.9. The van der Waals surface area contributed by atoms with Crippen LogP contribution in [-0.4, -0.2) is 29.0 Å². The number of carbonyl (C=O) groups is 1. The van der Waals surface area contributed by atoms with E-state index in [4.69, 9.17) is 17.2 Å². The van der Waals surface area contributed by atoms with Crippen LogP contribution in [0.3, 0.4) is 0 Å². The zero-order valence-electron chi connectivity index (χ0n) is 30.4. The molecule has 0 spiro atoms. The Labute approximate surface area is 304 Å². The van der Waals surface area contributed by atoms with Gasteiger partial charge in [-0.1, -0.05) is 87.1 Å². The highest BCUT2D eigenvalue weighted by Crippen LogP contribution is 2.67. The molecule has 0 heterocycles. The van der Waals surface area contributed by atoms with E-state index in [0.29, 0.717) is 16.1 Å². The van der Waals surface area contributed by atoms with Crippen LogP contribution in [0.15, 0.2) is 11.6 Å². The van der Waals surface area contributed by atoms with Crippen molar-refractivity contribution in [2.45, 2.75) is 162 Å². The van der Waals surface area contributed by atoms with Crippen LogP contribution in [0, 0.1) is 51.8 Å². The highest BCUT2D eigenvalue weighted by molar-refractivity contribution is 8.76. The summed E-state index contributed by atoms with van der Waals surface area (Å²) in [7, 11) is 3.91. The average Bonchev–Trinajstić information content (AvgIpc) is 3.31. The second-order valence-corrected chi connectivity index (χ2v) is 19.9. The smallest absolute Gasteiger partial charge is 0.224 e. The fraction of sp³-hybridized carbons (Fsp3) is 0.921. The number of primary amides is 1. The van der Waals surface area contributed by atoms with E-state index in [1.165, 1.54) is 70.6 Å². The molecule has 3 fully saturated rings. The van der Waals surface area contributed by atoms with Gasteiger partial charge in [0.1, 0.15) is 0 Å². The van der Waals surface area contributed by atoms with Gasteiger partial charge in [-0.3, -0.25) is 4.79 Å². The molecule has 0 saturated heterocycles. The van der Waals surface area contributed by atoms with Gasteiger partial charge < -0.3 is 17.2 Å². The SMILES string of the molecule is CC(C)CCCC(C)[C@H]1CC[C@H]2[C@@H]3CC=C4C[C@@H](SSCC(CCC(C)N)(CCC(C)N)C(N)=O)CC[C@]4(C)[C@H]3CC[C@]12C.Cl.Cl. The van der Waals surface area contributed by atoms with Crippen molar-refractivity contribution in [3.63, 3.8) is 0 Å². The third-order valence-electron chi connectivity index (χ3n) is 13.5. The van der Waals surface area contributed by atoms with Crippen LogP contribution >= 0.6 is 46.4 Å². The van der Waals surface area contributed by atoms with Crippen molar-refractivity contribution in [3.05, 3.63) is 11.6 Å². The zero-order valence-corrected chi connectivity index (χ0v) is 33.6. The monoisotopic (exact) mass is 719 g/mol. The summed E-state index contributed by atoms with van der Waals surface area (Å²) < 4.78 is 0. The van der Waals surface area contributed by atoms with Crippen LogP contribution < -0.4 is 17.2 Å². The molecular weight excluding hydrogens is 649 g/mol. The van der Waals surface area contributed by atoms with E-state index in [1.54, 1.807) is 5.57 Å². The number of amides is 1. The quantitative estimate of drug-likeness (QED) is 0.109. The minimum absolute atomic E-state index is 0. The number of hydrogen-bond donors (Lipinski definition) is 3. The summed E-state index contributed by atoms with van der Waals surface area (Å²) in [5, 5.41) is 0.625. The van der Waals surface area contributed by atoms with Crippen LogP contribution in [0.25, 0.3) is 0 Å². The van der Waals surface area contributed by atoms with E-state index in [2.05, 4.69) is 40.7 Å². The summed E-state index contributed by atoms with van der Waals surface area (Å²) in [5.74, 6) is 5.91. The molecule has 1 amide bonds. The van der Waals surface area contributed by atoms with Crippen LogP contribution in [0.1, 0.15) is 145 Å². The first-order valence-electron chi connectivity index (χ1n) is 18.5. The van der Waals surface area contributed by atoms with Crippen molar-refractivity contribution in [2.75, 3.05) is 5.75 Å². The molecule has 4 aliphatic rings. The fourth-order valence-corrected chi connectivity index (χ4v) is 13.9. The molecule has 4 rings (SSSR count). The number of halogens is 2. The number of rotatable bonds is 16. The third kappa shape index (κ3) is 9.59. The number of fused-ring (bicyclic) bond motifs is 5. The second-order valence-electron chi connectivity index (χ2n) is 17.2. The maximum Gasteiger partial charge on any atom is 0.224 e. The second kappa shape index (κ2) is 18.1. The average molecular weight is 721 g/mol. The van der Waals surface area contributed by atoms with E-state index in [9.17, 15) is 4.79 Å². The lowest BCUT2D eigenvalue weighted by atomic mass is 9.47. The Kier molecular flexibility index (Phi) is 16.7. The number of hydrogen-bond acceptors (Lipinski definition) is 5. The minimum atomic E-state index is -0.515. The maximum atomic E-state index is 12.8. The Morgan fingerprint density at radius 1 is 0.913 bits per heavy atom. The molecule has 0 aliphatic heterocycles. The van der Waals surface area contributed by atoms with Gasteiger partial charge in [0.15, 0.2) is 0 Å². The van der Waals surface area contributed by atoms with Crippen molar-refractivity contribution in [1.82, 2.24) is 0 Å². The summed E-state index contributed by atoms with van der Waals surface area (Å²) >= 11 is 0. The number of carbonyl (C=O) groups excluding carboxylic acids is 1. The standard InChI is InChI=1S/C38H69N3OS2.2ClH/c1-25(2)9-8-10-26(3)32-13-14-33-31-12-11-29-23-30(17-19-36(29,6)34(31)18-20-37(32,33)7)44-43-24-38(35(41)42,21-15-27(4)39)22-16-28(5)40;;/h11,25-28,30-34H,8-10,12-24,39-40H2,1-7H3,(H2,41,42);2*1H/t26?,27?,28?,30-,31-,32+,33-,34-,36-,37+,38?;;/m0../s1. The first-order chi connectivity index (χ1) is 20.7. The topological polar surface area (TPSA) is 95.1 Å². The maximum absolute atomic E-state index is 12.8. The van der Waals surface area contributed by atoms with Crippen LogP contribution in [-0.2, 0) is 4.79 Å². The van der Waals surface area contributed by atoms with Crippen molar-refractivity contribution >= 4 is 52.3 Å². The Bertz CT molecular complexity index is 981. The van der Waals surface area contributed by atoms with Crippen molar-refractivity contribution < 1.29 is 4.79 Å². The predicted molar refractivity (Wildman–Crippen MR) is 209 cm³/mol. The lowest BCUT2D eigenvalue weighted by molar-refractivity contribution is -0.127. The normalized spacial score (nSPS) is 35.3. The molecule has 0 bridgehead atoms. The van der Waals surface area contributed by atoms with Gasteiger partial charge in [0, 0.05) is 23.1 Å². The molecule has 0 aromatic rings. The van der Waals surface area contributed by atoms with E-state index in [1.807, 2.05) is 35.4 Å². The van der Waals surface area contributed by atoms with E-state index >= 15 is 0 Å². The van der Waals surface area contributed by atoms with Crippen molar-refractivity contribution in [1.29, 1.82) is 0 Å². The van der Waals surface area contributed by atoms with Gasteiger partial charge in [0.05, 0.1) is 5.41 Å². The van der Waals surface area contributed by atoms with Gasteiger partial charge in [-0.15, -0.1) is 24.8 Å². The van der Waals surface area contributed by atoms with Gasteiger partial charge in [-0.05, 0) is 137 Å². The summed E-state index contributed by atoms with van der Waals surface area (Å²) in [6.45, 7) is 16.7. The molecule has 3 saturated carbocycles. The third-order valence-corrected chi connectivity index (χ3v) is 16.5. The highest BCUT2D eigenvalue weighted by Gasteiger charge is 2.59. The van der Waals surface area contributed by atoms with Crippen LogP contribution in [0.2, 0.25) is 0 Å². The number of allylic oxidation sites excluding steroid dienone is 2. The van der Waals surface area contributed by atoms with E-state index in [0.717, 1.165) is 66.9 Å². The van der Waals surface area contributed by atoms with Gasteiger partial charge in [0.25, 0.3) is 0 Å². The Morgan fingerprint density at radius 3 is 2.15 bits per heavy atom. The van der Waals surface area contributed by atoms with Crippen LogP contribution in [0.5, 0.6) is 0 Å². The Morgan fingerprint density at radius 2 is 1.57 bits per heavy atom. The lowest BCUT2D eigenvalue weighted by Gasteiger charge is -2.58. The summed E-state index contributed by atoms with van der Waals surface area (Å²) in [5.41, 5.74) is 20.5. The molecule has 6 N–H and O–H groups in total. The van der Waals surface area contributed by atoms with Gasteiger partial charge >= 0.3 is 0 Å². The molecular formula is C38H71Cl2N3OS2. The molecule has 270 valence electrons. The van der Waals surface area contributed by atoms with Gasteiger partial charge in [-0.2, -0.15) is 0 Å². The zero-order chi connectivity index (χ0) is 32.3. The van der Waals surface area contributed by atoms with Gasteiger partial charge in [0.2, 0.25) is 5.91 Å². The molecule has 4 aliphatic carbocycles. The largest absolute Gasteiger partial charge is 0.369 e. The number of nitrogens with two attached hydrogens (primary N) is 3. The molecule has 10 atom stereocenters. The van der Waals surface area contributed by atoms with Gasteiger partial charge in [-0.25, -0.2) is 0 Å². The molecule has 0 aromatic heterocycles. The summed E-state index contributed by atoms with van der Waals surface area (Å²) in [6, 6.07) is 0.149. The van der Waals surface area contributed by atoms with Crippen LogP contribution in [0.4, 0.5) is 0 Å². The molecule has 46 heavy (non-hydrogen) atoms. The molecule has 4 nitrogen and oxygen atoms in total.